The lowest BCUT2D eigenvalue weighted by Crippen LogP contribution is -1.81. The molecule has 0 aromatic heterocycles. The number of benzene rings is 3. The summed E-state index contributed by atoms with van der Waals surface area (Å²) in [6.45, 7) is 2.09. The van der Waals surface area contributed by atoms with Gasteiger partial charge in [0.2, 0.25) is 0 Å². The number of hydrogen-bond donors (Lipinski definition) is 0. The van der Waals surface area contributed by atoms with Gasteiger partial charge in [-0.15, -0.1) is 0 Å². The van der Waals surface area contributed by atoms with Crippen LogP contribution in [0.3, 0.4) is 0 Å². The van der Waals surface area contributed by atoms with Gasteiger partial charge in [-0.05, 0) is 28.8 Å². The van der Waals surface area contributed by atoms with Crippen LogP contribution in [0.15, 0.2) is 66.7 Å². The van der Waals surface area contributed by atoms with Crippen LogP contribution in [-0.4, -0.2) is 0 Å². The van der Waals surface area contributed by atoms with Gasteiger partial charge in [0, 0.05) is 0 Å². The molecule has 0 fully saturated rings. The van der Waals surface area contributed by atoms with E-state index in [4.69, 9.17) is 1.37 Å². The molecule has 0 aliphatic carbocycles. The molecule has 0 heteroatoms. The van der Waals surface area contributed by atoms with Gasteiger partial charge in [0.15, 0.2) is 0 Å². The molecule has 0 N–H and O–H groups in total. The molecular formula is C17H14. The molecule has 0 saturated heterocycles. The molecule has 0 aliphatic rings. The Labute approximate surface area is 103 Å². The highest BCUT2D eigenvalue weighted by Crippen LogP contribution is 2.28. The van der Waals surface area contributed by atoms with E-state index in [0.29, 0.717) is 6.04 Å². The Morgan fingerprint density at radius 2 is 1.65 bits per heavy atom. The Balaban J connectivity index is 2.29. The SMILES string of the molecule is [3H]c1cccc2c(-c3ccc(C)cc3)cccc12. The van der Waals surface area contributed by atoms with E-state index in [1.165, 1.54) is 16.7 Å². The highest BCUT2D eigenvalue weighted by molar-refractivity contribution is 5.96. The molecule has 0 heterocycles. The van der Waals surface area contributed by atoms with Crippen LogP contribution in [0.2, 0.25) is 0 Å². The van der Waals surface area contributed by atoms with Crippen LogP contribution < -0.4 is 0 Å². The normalized spacial score (nSPS) is 11.5. The van der Waals surface area contributed by atoms with Gasteiger partial charge < -0.3 is 0 Å². The van der Waals surface area contributed by atoms with Crippen molar-refractivity contribution in [1.29, 1.82) is 0 Å². The van der Waals surface area contributed by atoms with Crippen molar-refractivity contribution in [2.24, 2.45) is 0 Å². The van der Waals surface area contributed by atoms with Crippen LogP contribution in [0.25, 0.3) is 21.9 Å². The second-order valence-electron chi connectivity index (χ2n) is 4.30. The first-order chi connectivity index (χ1) is 8.75. The van der Waals surface area contributed by atoms with Crippen molar-refractivity contribution in [2.45, 2.75) is 6.92 Å². The van der Waals surface area contributed by atoms with E-state index in [1.807, 2.05) is 24.3 Å². The van der Waals surface area contributed by atoms with Gasteiger partial charge in [0.1, 0.15) is 0 Å². The fourth-order valence-corrected chi connectivity index (χ4v) is 2.14. The molecule has 0 amide bonds. The summed E-state index contributed by atoms with van der Waals surface area (Å²) < 4.78 is 7.96. The first-order valence-corrected chi connectivity index (χ1v) is 5.81. The van der Waals surface area contributed by atoms with Crippen molar-refractivity contribution in [2.75, 3.05) is 0 Å². The highest BCUT2D eigenvalue weighted by Gasteiger charge is 2.02. The van der Waals surface area contributed by atoms with Crippen molar-refractivity contribution in [3.05, 3.63) is 72.3 Å². The lowest BCUT2D eigenvalue weighted by Gasteiger charge is -2.07. The molecule has 82 valence electrons. The zero-order valence-electron chi connectivity index (χ0n) is 10.8. The molecule has 0 bridgehead atoms. The predicted molar refractivity (Wildman–Crippen MR) is 74.1 cm³/mol. The maximum atomic E-state index is 7.96. The summed E-state index contributed by atoms with van der Waals surface area (Å²) in [4.78, 5) is 0. The summed E-state index contributed by atoms with van der Waals surface area (Å²) in [5.41, 5.74) is 3.67. The van der Waals surface area contributed by atoms with Crippen LogP contribution in [0.5, 0.6) is 0 Å². The fraction of sp³-hybridized carbons (Fsp3) is 0.0588. The third kappa shape index (κ3) is 1.83. The van der Waals surface area contributed by atoms with Crippen molar-refractivity contribution in [3.8, 4) is 11.1 Å². The van der Waals surface area contributed by atoms with E-state index in [1.54, 1.807) is 0 Å². The van der Waals surface area contributed by atoms with Crippen molar-refractivity contribution in [3.63, 3.8) is 0 Å². The third-order valence-electron chi connectivity index (χ3n) is 3.07. The fourth-order valence-electron chi connectivity index (χ4n) is 2.14. The molecule has 0 nitrogen and oxygen atoms in total. The smallest absolute Gasteiger partial charge is 0.0616 e. The third-order valence-corrected chi connectivity index (χ3v) is 3.07. The maximum absolute atomic E-state index is 7.96. The second-order valence-corrected chi connectivity index (χ2v) is 4.30. The summed E-state index contributed by atoms with van der Waals surface area (Å²) in [6.07, 6.45) is 0. The second kappa shape index (κ2) is 4.06. The zero-order valence-corrected chi connectivity index (χ0v) is 9.77. The Morgan fingerprint density at radius 3 is 2.47 bits per heavy atom. The number of fused-ring (bicyclic) bond motifs is 1. The lowest BCUT2D eigenvalue weighted by atomic mass is 9.98. The molecule has 0 spiro atoms. The van der Waals surface area contributed by atoms with Crippen molar-refractivity contribution < 1.29 is 1.37 Å². The highest BCUT2D eigenvalue weighted by atomic mass is 14.1. The van der Waals surface area contributed by atoms with Crippen molar-refractivity contribution in [1.82, 2.24) is 0 Å². The zero-order chi connectivity index (χ0) is 12.5. The van der Waals surface area contributed by atoms with Crippen LogP contribution >= 0.6 is 0 Å². The standard InChI is InChI=1S/C17H14/c1-13-9-11-15(12-10-13)17-8-4-6-14-5-2-3-7-16(14)17/h2-12H,1H3/i5T. The summed E-state index contributed by atoms with van der Waals surface area (Å²) in [6, 6.07) is 21.1. The average molecular weight is 220 g/mol. The van der Waals surface area contributed by atoms with E-state index in [-0.39, 0.29) is 0 Å². The molecule has 3 aromatic rings. The quantitative estimate of drug-likeness (QED) is 0.551. The van der Waals surface area contributed by atoms with E-state index in [0.717, 1.165) is 10.8 Å². The van der Waals surface area contributed by atoms with E-state index in [2.05, 4.69) is 43.3 Å². The monoisotopic (exact) mass is 220 g/mol. The van der Waals surface area contributed by atoms with Gasteiger partial charge >= 0.3 is 0 Å². The van der Waals surface area contributed by atoms with Crippen LogP contribution in [-0.2, 0) is 0 Å². The minimum atomic E-state index is 0.585. The topological polar surface area (TPSA) is 0 Å². The molecule has 0 radical (unpaired) electrons. The minimum absolute atomic E-state index is 0.585. The molecule has 0 saturated carbocycles. The van der Waals surface area contributed by atoms with Gasteiger partial charge in [0.25, 0.3) is 0 Å². The molecular weight excluding hydrogens is 204 g/mol. The first kappa shape index (κ1) is 9.00. The number of rotatable bonds is 1. The predicted octanol–water partition coefficient (Wildman–Crippen LogP) is 4.82. The Morgan fingerprint density at radius 1 is 0.824 bits per heavy atom. The lowest BCUT2D eigenvalue weighted by molar-refractivity contribution is 1.47. The summed E-state index contributed by atoms with van der Waals surface area (Å²) >= 11 is 0. The van der Waals surface area contributed by atoms with Gasteiger partial charge in [-0.25, -0.2) is 0 Å². The number of aryl methyl sites for hydroxylation is 1. The first-order valence-electron chi connectivity index (χ1n) is 6.31. The van der Waals surface area contributed by atoms with Crippen LogP contribution in [0.4, 0.5) is 0 Å². The van der Waals surface area contributed by atoms with Crippen LogP contribution in [0, 0.1) is 6.92 Å². The van der Waals surface area contributed by atoms with E-state index >= 15 is 0 Å². The van der Waals surface area contributed by atoms with Crippen LogP contribution in [0.1, 0.15) is 6.93 Å². The molecule has 3 aromatic carbocycles. The van der Waals surface area contributed by atoms with Gasteiger partial charge in [-0.3, -0.25) is 0 Å². The average Bonchev–Trinajstić information content (AvgIpc) is 2.40. The Hall–Kier alpha value is -2.08. The maximum Gasteiger partial charge on any atom is 0.0629 e. The summed E-state index contributed by atoms with van der Waals surface area (Å²) in [5.74, 6) is 0. The Bertz CT molecular complexity index is 696. The molecule has 0 unspecified atom stereocenters. The van der Waals surface area contributed by atoms with E-state index < -0.39 is 0 Å². The summed E-state index contributed by atoms with van der Waals surface area (Å²) in [5, 5.41) is 2.16. The van der Waals surface area contributed by atoms with Gasteiger partial charge in [0.05, 0.1) is 1.37 Å². The van der Waals surface area contributed by atoms with Gasteiger partial charge in [-0.1, -0.05) is 72.3 Å². The molecule has 0 atom stereocenters. The minimum Gasteiger partial charge on any atom is -0.0616 e. The molecule has 3 rings (SSSR count). The Kier molecular flexibility index (Phi) is 2.15. The molecule has 0 aliphatic heterocycles. The van der Waals surface area contributed by atoms with Gasteiger partial charge in [-0.2, -0.15) is 0 Å². The molecule has 17 heavy (non-hydrogen) atoms. The largest absolute Gasteiger partial charge is 0.0629 e. The van der Waals surface area contributed by atoms with E-state index in [9.17, 15) is 0 Å². The summed E-state index contributed by atoms with van der Waals surface area (Å²) in [7, 11) is 0. The van der Waals surface area contributed by atoms with Crippen molar-refractivity contribution >= 4 is 10.8 Å². The number of hydrogen-bond acceptors (Lipinski definition) is 0.